The Labute approximate surface area is 207 Å². The highest BCUT2D eigenvalue weighted by Gasteiger charge is 2.46. The van der Waals surface area contributed by atoms with Gasteiger partial charge in [0.05, 0.1) is 5.69 Å². The number of hydrogen-bond acceptors (Lipinski definition) is 6. The van der Waals surface area contributed by atoms with Crippen molar-refractivity contribution in [3.8, 4) is 0 Å². The maximum atomic E-state index is 14.2. The number of carboxylic acids is 1. The molecule has 1 saturated heterocycles. The fourth-order valence-electron chi connectivity index (χ4n) is 4.66. The quantitative estimate of drug-likeness (QED) is 0.444. The van der Waals surface area contributed by atoms with Crippen molar-refractivity contribution in [3.63, 3.8) is 0 Å². The Hall–Kier alpha value is -3.94. The number of imidazole rings is 1. The number of hydrogen-bond donors (Lipinski definition) is 3. The van der Waals surface area contributed by atoms with Gasteiger partial charge < -0.3 is 25.0 Å². The standard InChI is InChI=1S/C21H22FN7O.C2HF3O2/c22-16-11-14(12-27-9-6-24-19(16)27)26-20(30)29-8-2-15-17(1-5-23-18(15)29)28-10-7-25-21(13-28)3-4-21;3-2(4,5)1(6)7/h1,5-6,9,11-12,25H,2-4,7-8,10,13H2,(H,26,30);(H,6,7). The fraction of sp³-hybridized carbons (Fsp3) is 0.391. The summed E-state index contributed by atoms with van der Waals surface area (Å²) in [4.78, 5) is 34.4. The smallest absolute Gasteiger partial charge is 0.475 e. The number of aliphatic carboxylic acids is 1. The monoisotopic (exact) mass is 521 g/mol. The predicted molar refractivity (Wildman–Crippen MR) is 125 cm³/mol. The Morgan fingerprint density at radius 2 is 1.92 bits per heavy atom. The van der Waals surface area contributed by atoms with E-state index in [1.165, 1.54) is 30.8 Å². The van der Waals surface area contributed by atoms with Crippen molar-refractivity contribution in [2.45, 2.75) is 31.0 Å². The number of carboxylic acid groups (broad SMARTS) is 1. The Balaban J connectivity index is 0.000000355. The second kappa shape index (κ2) is 9.18. The molecule has 0 atom stereocenters. The Morgan fingerprint density at radius 1 is 1.16 bits per heavy atom. The summed E-state index contributed by atoms with van der Waals surface area (Å²) in [6.07, 6.45) is 4.73. The van der Waals surface area contributed by atoms with E-state index in [2.05, 4.69) is 31.6 Å². The van der Waals surface area contributed by atoms with E-state index in [-0.39, 0.29) is 17.2 Å². The highest BCUT2D eigenvalue weighted by molar-refractivity contribution is 6.03. The molecule has 0 bridgehead atoms. The molecule has 1 aliphatic carbocycles. The molecule has 37 heavy (non-hydrogen) atoms. The number of carbonyl (C=O) groups excluding carboxylic acids is 1. The number of urea groups is 1. The zero-order valence-electron chi connectivity index (χ0n) is 19.4. The molecule has 3 aromatic rings. The first-order valence-electron chi connectivity index (χ1n) is 11.6. The van der Waals surface area contributed by atoms with Gasteiger partial charge in [0.2, 0.25) is 0 Å². The number of aromatic nitrogens is 3. The van der Waals surface area contributed by atoms with Crippen molar-refractivity contribution >= 4 is 34.8 Å². The molecule has 3 N–H and O–H groups in total. The maximum Gasteiger partial charge on any atom is 0.490 e. The van der Waals surface area contributed by atoms with Crippen molar-refractivity contribution in [3.05, 3.63) is 48.3 Å². The van der Waals surface area contributed by atoms with Crippen LogP contribution in [0.15, 0.2) is 36.9 Å². The van der Waals surface area contributed by atoms with E-state index in [4.69, 9.17) is 9.90 Å². The van der Waals surface area contributed by atoms with Crippen LogP contribution in [0.5, 0.6) is 0 Å². The van der Waals surface area contributed by atoms with Crippen molar-refractivity contribution in [1.82, 2.24) is 19.7 Å². The van der Waals surface area contributed by atoms with E-state index in [0.717, 1.165) is 31.6 Å². The van der Waals surface area contributed by atoms with Gasteiger partial charge in [-0.15, -0.1) is 0 Å². The lowest BCUT2D eigenvalue weighted by molar-refractivity contribution is -0.192. The van der Waals surface area contributed by atoms with Crippen molar-refractivity contribution in [2.75, 3.05) is 41.3 Å². The van der Waals surface area contributed by atoms with Crippen LogP contribution in [0.3, 0.4) is 0 Å². The zero-order chi connectivity index (χ0) is 26.4. The highest BCUT2D eigenvalue weighted by Crippen LogP contribution is 2.41. The van der Waals surface area contributed by atoms with E-state index in [0.29, 0.717) is 18.1 Å². The Kier molecular flexibility index (Phi) is 6.14. The summed E-state index contributed by atoms with van der Waals surface area (Å²) in [5.41, 5.74) is 3.18. The summed E-state index contributed by atoms with van der Waals surface area (Å²) in [6.45, 7) is 3.48. The largest absolute Gasteiger partial charge is 0.490 e. The fourth-order valence-corrected chi connectivity index (χ4v) is 4.66. The average Bonchev–Trinajstić information content (AvgIpc) is 3.22. The second-order valence-corrected chi connectivity index (χ2v) is 9.13. The van der Waals surface area contributed by atoms with Crippen LogP contribution in [0.25, 0.3) is 5.65 Å². The molecule has 0 radical (unpaired) electrons. The molecule has 2 aliphatic heterocycles. The van der Waals surface area contributed by atoms with Crippen molar-refractivity contribution in [2.24, 2.45) is 0 Å². The summed E-state index contributed by atoms with van der Waals surface area (Å²) in [5.74, 6) is -2.54. The van der Waals surface area contributed by atoms with Crippen LogP contribution < -0.4 is 20.4 Å². The summed E-state index contributed by atoms with van der Waals surface area (Å²) in [7, 11) is 0. The first-order valence-corrected chi connectivity index (χ1v) is 11.6. The third-order valence-electron chi connectivity index (χ3n) is 6.60. The average molecular weight is 521 g/mol. The van der Waals surface area contributed by atoms with E-state index in [1.807, 2.05) is 0 Å². The van der Waals surface area contributed by atoms with E-state index in [1.54, 1.807) is 27.9 Å². The summed E-state index contributed by atoms with van der Waals surface area (Å²) in [5, 5.41) is 13.6. The number of halogens is 4. The topological polar surface area (TPSA) is 115 Å². The number of piperazine rings is 1. The van der Waals surface area contributed by atoms with E-state index >= 15 is 0 Å². The highest BCUT2D eigenvalue weighted by atomic mass is 19.4. The number of alkyl halides is 3. The first kappa shape index (κ1) is 24.7. The minimum Gasteiger partial charge on any atom is -0.475 e. The number of carbonyl (C=O) groups is 2. The lowest BCUT2D eigenvalue weighted by atomic mass is 10.1. The van der Waals surface area contributed by atoms with Gasteiger partial charge in [0, 0.05) is 73.8 Å². The number of pyridine rings is 2. The molecule has 1 spiro atoms. The number of fused-ring (bicyclic) bond motifs is 2. The summed E-state index contributed by atoms with van der Waals surface area (Å²) in [6, 6.07) is 3.04. The minimum absolute atomic E-state index is 0.232. The van der Waals surface area contributed by atoms with Gasteiger partial charge in [-0.3, -0.25) is 4.90 Å². The van der Waals surface area contributed by atoms with Gasteiger partial charge in [-0.05, 0) is 25.3 Å². The SMILES string of the molecule is O=C(Nc1cc(F)c2nccn2c1)N1CCc2c(N3CCNC4(CC4)C3)ccnc21.O=C(O)C(F)(F)F. The third kappa shape index (κ3) is 5.01. The molecular formula is C23H23F4N7O3. The van der Waals surface area contributed by atoms with Crippen molar-refractivity contribution < 1.29 is 32.3 Å². The maximum absolute atomic E-state index is 14.2. The first-order chi connectivity index (χ1) is 17.6. The Morgan fingerprint density at radius 3 is 2.62 bits per heavy atom. The predicted octanol–water partition coefficient (Wildman–Crippen LogP) is 3.04. The molecule has 196 valence electrons. The normalized spacial score (nSPS) is 17.8. The lowest BCUT2D eigenvalue weighted by Gasteiger charge is -2.36. The van der Waals surface area contributed by atoms with Crippen LogP contribution in [0.1, 0.15) is 18.4 Å². The second-order valence-electron chi connectivity index (χ2n) is 9.13. The molecule has 14 heteroatoms. The zero-order valence-corrected chi connectivity index (χ0v) is 19.4. The molecule has 1 saturated carbocycles. The van der Waals surface area contributed by atoms with E-state index in [9.17, 15) is 22.4 Å². The molecule has 2 fully saturated rings. The van der Waals surface area contributed by atoms with Crippen molar-refractivity contribution in [1.29, 1.82) is 0 Å². The van der Waals surface area contributed by atoms with Gasteiger partial charge in [0.25, 0.3) is 0 Å². The van der Waals surface area contributed by atoms with Gasteiger partial charge in [-0.25, -0.2) is 23.9 Å². The molecule has 5 heterocycles. The van der Waals surface area contributed by atoms with Crippen LogP contribution in [-0.4, -0.2) is 69.4 Å². The number of nitrogens with zero attached hydrogens (tertiary/aromatic N) is 5. The molecule has 3 aliphatic rings. The lowest BCUT2D eigenvalue weighted by Crippen LogP contribution is -2.52. The van der Waals surface area contributed by atoms with Gasteiger partial charge >= 0.3 is 18.2 Å². The van der Waals surface area contributed by atoms with Crippen LogP contribution in [0.4, 0.5) is 39.5 Å². The number of anilines is 3. The van der Waals surface area contributed by atoms with Crippen LogP contribution in [-0.2, 0) is 11.2 Å². The molecule has 0 unspecified atom stereocenters. The van der Waals surface area contributed by atoms with Gasteiger partial charge in [0.15, 0.2) is 11.5 Å². The van der Waals surface area contributed by atoms with Crippen LogP contribution in [0.2, 0.25) is 0 Å². The number of amides is 2. The molecule has 3 aromatic heterocycles. The number of rotatable bonds is 2. The molecule has 10 nitrogen and oxygen atoms in total. The molecule has 6 rings (SSSR count). The molecule has 0 aromatic carbocycles. The van der Waals surface area contributed by atoms with Crippen LogP contribution >= 0.6 is 0 Å². The third-order valence-corrected chi connectivity index (χ3v) is 6.60. The minimum atomic E-state index is -5.08. The summed E-state index contributed by atoms with van der Waals surface area (Å²) >= 11 is 0. The molecular weight excluding hydrogens is 498 g/mol. The van der Waals surface area contributed by atoms with Crippen LogP contribution in [0, 0.1) is 5.82 Å². The van der Waals surface area contributed by atoms with E-state index < -0.39 is 18.0 Å². The summed E-state index contributed by atoms with van der Waals surface area (Å²) < 4.78 is 47.5. The van der Waals surface area contributed by atoms with Gasteiger partial charge in [-0.1, -0.05) is 0 Å². The van der Waals surface area contributed by atoms with Gasteiger partial charge in [0.1, 0.15) is 5.82 Å². The Bertz CT molecular complexity index is 1360. The number of nitrogens with one attached hydrogen (secondary N) is 2. The van der Waals surface area contributed by atoms with Gasteiger partial charge in [-0.2, -0.15) is 13.2 Å². The molecule has 2 amide bonds.